The van der Waals surface area contributed by atoms with Crippen LogP contribution in [0, 0.1) is 6.92 Å². The van der Waals surface area contributed by atoms with Crippen LogP contribution in [0.2, 0.25) is 5.02 Å². The van der Waals surface area contributed by atoms with Crippen molar-refractivity contribution in [2.45, 2.75) is 6.92 Å². The number of hydrogen-bond acceptors (Lipinski definition) is 4. The van der Waals surface area contributed by atoms with Crippen LogP contribution in [0.4, 0.5) is 11.5 Å². The summed E-state index contributed by atoms with van der Waals surface area (Å²) >= 11 is 7.77. The van der Waals surface area contributed by atoms with Gasteiger partial charge in [-0.05, 0) is 30.7 Å². The number of nitrogens with one attached hydrogen (secondary N) is 1. The summed E-state index contributed by atoms with van der Waals surface area (Å²) in [5, 5.41) is 5.12. The van der Waals surface area contributed by atoms with Gasteiger partial charge in [0, 0.05) is 21.2 Å². The number of aryl methyl sites for hydroxylation is 1. The van der Waals surface area contributed by atoms with Gasteiger partial charge in [-0.3, -0.25) is 0 Å². The summed E-state index contributed by atoms with van der Waals surface area (Å²) in [6.07, 6.45) is 1.60. The molecule has 0 fully saturated rings. The van der Waals surface area contributed by atoms with Crippen LogP contribution in [0.1, 0.15) is 4.88 Å². The number of benzene rings is 2. The summed E-state index contributed by atoms with van der Waals surface area (Å²) in [7, 11) is 0. The molecule has 0 atom stereocenters. The van der Waals surface area contributed by atoms with Gasteiger partial charge in [-0.2, -0.15) is 0 Å². The smallest absolute Gasteiger partial charge is 0.143 e. The molecule has 1 N–H and O–H groups in total. The molecular weight excluding hydrogens is 373 g/mol. The third kappa shape index (κ3) is 3.47. The number of fused-ring (bicyclic) bond motifs is 1. The van der Waals surface area contributed by atoms with Crippen LogP contribution in [0.3, 0.4) is 0 Å². The maximum Gasteiger partial charge on any atom is 0.143 e. The van der Waals surface area contributed by atoms with E-state index in [0.29, 0.717) is 5.02 Å². The van der Waals surface area contributed by atoms with Crippen LogP contribution in [0.25, 0.3) is 21.3 Å². The molecule has 0 radical (unpaired) electrons. The molecule has 2 aromatic carbocycles. The predicted octanol–water partition coefficient (Wildman–Crippen LogP) is 6.49. The quantitative estimate of drug-likeness (QED) is 0.436. The molecule has 0 saturated heterocycles. The molecule has 126 valence electrons. The van der Waals surface area contributed by atoms with Crippen LogP contribution in [0.15, 0.2) is 60.9 Å². The molecule has 0 aliphatic carbocycles. The summed E-state index contributed by atoms with van der Waals surface area (Å²) in [6, 6.07) is 18.0. The predicted molar refractivity (Wildman–Crippen MR) is 110 cm³/mol. The molecule has 0 aliphatic heterocycles. The molecular formula is C19H15Cl2N3S. The highest BCUT2D eigenvalue weighted by atomic mass is 35.5. The first-order chi connectivity index (χ1) is 11.7. The first kappa shape index (κ1) is 17.7. The Bertz CT molecular complexity index is 1020. The molecule has 6 heteroatoms. The Morgan fingerprint density at radius 2 is 1.80 bits per heavy atom. The second-order valence-electron chi connectivity index (χ2n) is 5.44. The zero-order valence-electron chi connectivity index (χ0n) is 13.4. The van der Waals surface area contributed by atoms with E-state index in [1.165, 1.54) is 16.0 Å². The van der Waals surface area contributed by atoms with Gasteiger partial charge in [0.05, 0.1) is 5.39 Å². The van der Waals surface area contributed by atoms with Crippen LogP contribution in [-0.4, -0.2) is 9.97 Å². The van der Waals surface area contributed by atoms with Crippen molar-refractivity contribution >= 4 is 57.1 Å². The molecule has 0 amide bonds. The minimum atomic E-state index is 0. The van der Waals surface area contributed by atoms with Crippen molar-refractivity contribution in [2.75, 3.05) is 5.32 Å². The standard InChI is InChI=1S/C19H14ClN3S.ClH/c1-12-16(13-6-3-2-4-7-13)17-18(21-11-22-19(17)24-12)23-15-9-5-8-14(20)10-15;/h2-11H,1H3,(H,21,22,23);1H. The topological polar surface area (TPSA) is 37.8 Å². The molecule has 3 nitrogen and oxygen atoms in total. The van der Waals surface area contributed by atoms with Gasteiger partial charge >= 0.3 is 0 Å². The van der Waals surface area contributed by atoms with E-state index in [9.17, 15) is 0 Å². The maximum atomic E-state index is 6.09. The third-order valence-electron chi connectivity index (χ3n) is 3.81. The highest BCUT2D eigenvalue weighted by Gasteiger charge is 2.16. The zero-order chi connectivity index (χ0) is 16.5. The molecule has 2 aromatic heterocycles. The van der Waals surface area contributed by atoms with Crippen molar-refractivity contribution < 1.29 is 0 Å². The molecule has 4 rings (SSSR count). The first-order valence-corrected chi connectivity index (χ1v) is 8.74. The van der Waals surface area contributed by atoms with Crippen LogP contribution >= 0.6 is 35.3 Å². The van der Waals surface area contributed by atoms with Gasteiger partial charge < -0.3 is 5.32 Å². The van der Waals surface area contributed by atoms with Gasteiger partial charge in [-0.15, -0.1) is 23.7 Å². The lowest BCUT2D eigenvalue weighted by molar-refractivity contribution is 1.23. The van der Waals surface area contributed by atoms with Crippen molar-refractivity contribution in [2.24, 2.45) is 0 Å². The maximum absolute atomic E-state index is 6.09. The molecule has 2 heterocycles. The lowest BCUT2D eigenvalue weighted by atomic mass is 10.0. The molecule has 25 heavy (non-hydrogen) atoms. The van der Waals surface area contributed by atoms with Crippen LogP contribution in [-0.2, 0) is 0 Å². The molecule has 0 saturated carbocycles. The average molecular weight is 388 g/mol. The summed E-state index contributed by atoms with van der Waals surface area (Å²) < 4.78 is 0. The molecule has 0 bridgehead atoms. The van der Waals surface area contributed by atoms with Crippen molar-refractivity contribution in [3.63, 3.8) is 0 Å². The van der Waals surface area contributed by atoms with E-state index < -0.39 is 0 Å². The van der Waals surface area contributed by atoms with Gasteiger partial charge in [-0.1, -0.05) is 48.0 Å². The SMILES string of the molecule is Cc1sc2ncnc(Nc3cccc(Cl)c3)c2c1-c1ccccc1.Cl. The fraction of sp³-hybridized carbons (Fsp3) is 0.0526. The highest BCUT2D eigenvalue weighted by molar-refractivity contribution is 7.19. The fourth-order valence-electron chi connectivity index (χ4n) is 2.79. The number of hydrogen-bond donors (Lipinski definition) is 1. The fourth-order valence-corrected chi connectivity index (χ4v) is 4.00. The average Bonchev–Trinajstić information content (AvgIpc) is 2.93. The lowest BCUT2D eigenvalue weighted by Crippen LogP contribution is -1.95. The van der Waals surface area contributed by atoms with E-state index in [-0.39, 0.29) is 12.4 Å². The number of aromatic nitrogens is 2. The second kappa shape index (κ2) is 7.40. The van der Waals surface area contributed by atoms with E-state index >= 15 is 0 Å². The van der Waals surface area contributed by atoms with Crippen LogP contribution in [0.5, 0.6) is 0 Å². The van der Waals surface area contributed by atoms with Crippen LogP contribution < -0.4 is 5.32 Å². The Kier molecular flexibility index (Phi) is 5.23. The summed E-state index contributed by atoms with van der Waals surface area (Å²) in [6.45, 7) is 2.12. The molecule has 0 spiro atoms. The first-order valence-electron chi connectivity index (χ1n) is 7.54. The van der Waals surface area contributed by atoms with E-state index in [2.05, 4.69) is 34.3 Å². The lowest BCUT2D eigenvalue weighted by Gasteiger charge is -2.09. The number of thiophene rings is 1. The Balaban J connectivity index is 0.00000182. The molecule has 0 aliphatic rings. The van der Waals surface area contributed by atoms with Gasteiger partial charge in [0.25, 0.3) is 0 Å². The van der Waals surface area contributed by atoms with Gasteiger partial charge in [0.15, 0.2) is 0 Å². The van der Waals surface area contributed by atoms with Crippen molar-refractivity contribution in [1.82, 2.24) is 9.97 Å². The monoisotopic (exact) mass is 387 g/mol. The van der Waals surface area contributed by atoms with E-state index in [4.69, 9.17) is 11.6 Å². The minimum Gasteiger partial charge on any atom is -0.340 e. The summed E-state index contributed by atoms with van der Waals surface area (Å²) in [5.74, 6) is 0.797. The van der Waals surface area contributed by atoms with Gasteiger partial charge in [0.1, 0.15) is 17.0 Å². The highest BCUT2D eigenvalue weighted by Crippen LogP contribution is 2.40. The number of rotatable bonds is 3. The van der Waals surface area contributed by atoms with Gasteiger partial charge in [-0.25, -0.2) is 9.97 Å². The second-order valence-corrected chi connectivity index (χ2v) is 7.08. The third-order valence-corrected chi connectivity index (χ3v) is 5.06. The Morgan fingerprint density at radius 3 is 2.56 bits per heavy atom. The Morgan fingerprint density at radius 1 is 1.00 bits per heavy atom. The summed E-state index contributed by atoms with van der Waals surface area (Å²) in [5.41, 5.74) is 3.26. The Labute approximate surface area is 161 Å². The molecule has 0 unspecified atom stereocenters. The summed E-state index contributed by atoms with van der Waals surface area (Å²) in [4.78, 5) is 11.1. The van der Waals surface area contributed by atoms with Crippen molar-refractivity contribution in [1.29, 1.82) is 0 Å². The normalized spacial score (nSPS) is 10.5. The van der Waals surface area contributed by atoms with E-state index in [1.807, 2.05) is 42.5 Å². The number of halogens is 2. The largest absolute Gasteiger partial charge is 0.340 e. The molecule has 4 aromatic rings. The number of nitrogens with zero attached hydrogens (tertiary/aromatic N) is 2. The van der Waals surface area contributed by atoms with Crippen molar-refractivity contribution in [3.05, 3.63) is 70.8 Å². The van der Waals surface area contributed by atoms with E-state index in [0.717, 1.165) is 21.7 Å². The van der Waals surface area contributed by atoms with Gasteiger partial charge in [0.2, 0.25) is 0 Å². The Hall–Kier alpha value is -2.14. The zero-order valence-corrected chi connectivity index (χ0v) is 15.8. The number of anilines is 2. The van der Waals surface area contributed by atoms with E-state index in [1.54, 1.807) is 17.7 Å². The minimum absolute atomic E-state index is 0. The van der Waals surface area contributed by atoms with Crippen molar-refractivity contribution in [3.8, 4) is 11.1 Å².